The number of anilines is 1. The molecule has 1 unspecified atom stereocenters. The van der Waals surface area contributed by atoms with Gasteiger partial charge in [-0.05, 0) is 56.5 Å². The van der Waals surface area contributed by atoms with Crippen molar-refractivity contribution < 1.29 is 0 Å². The zero-order valence-electron chi connectivity index (χ0n) is 13.9. The fraction of sp³-hybridized carbons (Fsp3) is 0.667. The summed E-state index contributed by atoms with van der Waals surface area (Å²) >= 11 is 0. The first kappa shape index (κ1) is 16.3. The van der Waals surface area contributed by atoms with Crippen LogP contribution in [0.2, 0.25) is 0 Å². The van der Waals surface area contributed by atoms with Crippen molar-refractivity contribution in [2.45, 2.75) is 46.1 Å². The van der Waals surface area contributed by atoms with Crippen LogP contribution < -0.4 is 10.6 Å². The van der Waals surface area contributed by atoms with E-state index in [2.05, 4.69) is 54.5 Å². The molecule has 0 aromatic heterocycles. The van der Waals surface area contributed by atoms with Gasteiger partial charge in [0.25, 0.3) is 0 Å². The van der Waals surface area contributed by atoms with Gasteiger partial charge in [-0.2, -0.15) is 0 Å². The minimum absolute atomic E-state index is 0.537. The van der Waals surface area contributed by atoms with Crippen LogP contribution in [0.3, 0.4) is 0 Å². The molecule has 0 saturated heterocycles. The number of rotatable bonds is 8. The van der Waals surface area contributed by atoms with Gasteiger partial charge in [0, 0.05) is 31.4 Å². The third-order valence-corrected chi connectivity index (χ3v) is 4.47. The maximum absolute atomic E-state index is 3.65. The first-order valence-corrected chi connectivity index (χ1v) is 8.54. The fourth-order valence-electron chi connectivity index (χ4n) is 3.09. The molecule has 21 heavy (non-hydrogen) atoms. The van der Waals surface area contributed by atoms with Gasteiger partial charge in [0.05, 0.1) is 0 Å². The molecule has 0 bridgehead atoms. The van der Waals surface area contributed by atoms with E-state index >= 15 is 0 Å². The minimum atomic E-state index is 0.537. The summed E-state index contributed by atoms with van der Waals surface area (Å²) in [6.07, 6.45) is 3.60. The summed E-state index contributed by atoms with van der Waals surface area (Å²) in [7, 11) is 0. The van der Waals surface area contributed by atoms with Gasteiger partial charge in [-0.15, -0.1) is 0 Å². The lowest BCUT2D eigenvalue weighted by atomic mass is 9.98. The highest BCUT2D eigenvalue weighted by atomic mass is 15.1. The molecule has 1 heterocycles. The number of fused-ring (bicyclic) bond motifs is 1. The van der Waals surface area contributed by atoms with Gasteiger partial charge in [0.15, 0.2) is 0 Å². The van der Waals surface area contributed by atoms with Crippen molar-refractivity contribution in [2.75, 3.05) is 38.0 Å². The molecule has 1 atom stereocenters. The number of likely N-dealkylation sites (N-methyl/N-ethyl adjacent to an activating group) is 1. The largest absolute Gasteiger partial charge is 0.385 e. The Balaban J connectivity index is 1.78. The van der Waals surface area contributed by atoms with Gasteiger partial charge in [0.1, 0.15) is 0 Å². The number of nitrogens with zero attached hydrogens (tertiary/aromatic N) is 1. The van der Waals surface area contributed by atoms with Crippen LogP contribution in [0.4, 0.5) is 5.69 Å². The highest BCUT2D eigenvalue weighted by Crippen LogP contribution is 2.23. The third kappa shape index (κ3) is 5.01. The van der Waals surface area contributed by atoms with Gasteiger partial charge >= 0.3 is 0 Å². The highest BCUT2D eigenvalue weighted by Gasteiger charge is 2.10. The molecule has 0 amide bonds. The quantitative estimate of drug-likeness (QED) is 0.770. The maximum Gasteiger partial charge on any atom is 0.0372 e. The van der Waals surface area contributed by atoms with Crippen LogP contribution in [0.5, 0.6) is 0 Å². The van der Waals surface area contributed by atoms with Crippen LogP contribution in [0.25, 0.3) is 0 Å². The molecule has 3 heteroatoms. The van der Waals surface area contributed by atoms with Gasteiger partial charge in [0.2, 0.25) is 0 Å². The van der Waals surface area contributed by atoms with Crippen LogP contribution in [-0.2, 0) is 12.8 Å². The average Bonchev–Trinajstić information content (AvgIpc) is 2.51. The summed E-state index contributed by atoms with van der Waals surface area (Å²) in [4.78, 5) is 2.46. The second-order valence-corrected chi connectivity index (χ2v) is 6.11. The second-order valence-electron chi connectivity index (χ2n) is 6.11. The van der Waals surface area contributed by atoms with Crippen LogP contribution >= 0.6 is 0 Å². The Labute approximate surface area is 130 Å². The van der Waals surface area contributed by atoms with Crippen molar-refractivity contribution in [3.63, 3.8) is 0 Å². The molecule has 2 N–H and O–H groups in total. The zero-order chi connectivity index (χ0) is 15.1. The van der Waals surface area contributed by atoms with E-state index in [1.165, 1.54) is 29.7 Å². The predicted octanol–water partition coefficient (Wildman–Crippen LogP) is 2.91. The van der Waals surface area contributed by atoms with Gasteiger partial charge < -0.3 is 15.5 Å². The second kappa shape index (κ2) is 8.40. The molecular formula is C18H31N3. The number of hydrogen-bond donors (Lipinski definition) is 2. The normalized spacial score (nSPS) is 15.6. The van der Waals surface area contributed by atoms with Crippen LogP contribution in [0.1, 0.15) is 38.3 Å². The monoisotopic (exact) mass is 289 g/mol. The Kier molecular flexibility index (Phi) is 6.52. The van der Waals surface area contributed by atoms with Crippen molar-refractivity contribution in [1.82, 2.24) is 10.2 Å². The summed E-state index contributed by atoms with van der Waals surface area (Å²) in [5.41, 5.74) is 4.29. The summed E-state index contributed by atoms with van der Waals surface area (Å²) in [6, 6.07) is 7.46. The smallest absolute Gasteiger partial charge is 0.0372 e. The molecule has 1 aliphatic rings. The first-order valence-electron chi connectivity index (χ1n) is 8.54. The van der Waals surface area contributed by atoms with Crippen molar-refractivity contribution in [1.29, 1.82) is 0 Å². The molecule has 3 nitrogen and oxygen atoms in total. The summed E-state index contributed by atoms with van der Waals surface area (Å²) < 4.78 is 0. The topological polar surface area (TPSA) is 27.3 Å². The van der Waals surface area contributed by atoms with Crippen LogP contribution in [0, 0.1) is 0 Å². The van der Waals surface area contributed by atoms with E-state index in [4.69, 9.17) is 0 Å². The molecule has 0 saturated carbocycles. The Hall–Kier alpha value is -1.06. The Morgan fingerprint density at radius 2 is 2.10 bits per heavy atom. The molecule has 0 aliphatic carbocycles. The molecule has 0 radical (unpaired) electrons. The predicted molar refractivity (Wildman–Crippen MR) is 92.2 cm³/mol. The lowest BCUT2D eigenvalue weighted by molar-refractivity contribution is 0.297. The molecule has 1 aromatic rings. The van der Waals surface area contributed by atoms with E-state index < -0.39 is 0 Å². The molecule has 0 spiro atoms. The third-order valence-electron chi connectivity index (χ3n) is 4.47. The number of benzene rings is 1. The van der Waals surface area contributed by atoms with Crippen LogP contribution in [0.15, 0.2) is 18.2 Å². The van der Waals surface area contributed by atoms with Crippen molar-refractivity contribution >= 4 is 5.69 Å². The van der Waals surface area contributed by atoms with Crippen molar-refractivity contribution in [3.8, 4) is 0 Å². The summed E-state index contributed by atoms with van der Waals surface area (Å²) in [5.74, 6) is 0. The lowest BCUT2D eigenvalue weighted by Crippen LogP contribution is -2.36. The average molecular weight is 289 g/mol. The van der Waals surface area contributed by atoms with Crippen molar-refractivity contribution in [2.24, 2.45) is 0 Å². The van der Waals surface area contributed by atoms with E-state index in [0.717, 1.165) is 39.1 Å². The Bertz CT molecular complexity index is 426. The van der Waals surface area contributed by atoms with Crippen molar-refractivity contribution in [3.05, 3.63) is 29.3 Å². The van der Waals surface area contributed by atoms with Crippen LogP contribution in [-0.4, -0.2) is 43.7 Å². The number of aryl methyl sites for hydroxylation is 1. The first-order chi connectivity index (χ1) is 10.2. The molecule has 118 valence electrons. The van der Waals surface area contributed by atoms with Gasteiger partial charge in [-0.25, -0.2) is 0 Å². The van der Waals surface area contributed by atoms with E-state index in [0.29, 0.717) is 6.04 Å². The molecule has 1 aliphatic heterocycles. The van der Waals surface area contributed by atoms with Gasteiger partial charge in [-0.1, -0.05) is 26.0 Å². The Morgan fingerprint density at radius 1 is 1.29 bits per heavy atom. The van der Waals surface area contributed by atoms with Gasteiger partial charge in [-0.3, -0.25) is 0 Å². The maximum atomic E-state index is 3.65. The number of nitrogens with one attached hydrogen (secondary N) is 2. The fourth-order valence-corrected chi connectivity index (χ4v) is 3.09. The van der Waals surface area contributed by atoms with E-state index in [-0.39, 0.29) is 0 Å². The van der Waals surface area contributed by atoms with E-state index in [1.54, 1.807) is 0 Å². The summed E-state index contributed by atoms with van der Waals surface area (Å²) in [5, 5.41) is 7.13. The summed E-state index contributed by atoms with van der Waals surface area (Å²) in [6.45, 7) is 12.4. The molecular weight excluding hydrogens is 258 g/mol. The zero-order valence-corrected chi connectivity index (χ0v) is 13.9. The molecule has 2 rings (SSSR count). The molecule has 1 aromatic carbocycles. The van der Waals surface area contributed by atoms with E-state index in [9.17, 15) is 0 Å². The van der Waals surface area contributed by atoms with E-state index in [1.807, 2.05) is 0 Å². The lowest BCUT2D eigenvalue weighted by Gasteiger charge is -2.22. The highest BCUT2D eigenvalue weighted by molar-refractivity contribution is 5.54. The standard InChI is InChI=1S/C18H31N3/c1-4-21(5-2)12-11-19-15(3)13-16-8-9-18-17(14-16)7-6-10-20-18/h8-9,14-15,19-20H,4-7,10-13H2,1-3H3. The Morgan fingerprint density at radius 3 is 2.86 bits per heavy atom. The number of hydrogen-bond acceptors (Lipinski definition) is 3. The SMILES string of the molecule is CCN(CC)CCNC(C)Cc1ccc2c(c1)CCCN2. The molecule has 0 fully saturated rings. The minimum Gasteiger partial charge on any atom is -0.385 e.